The van der Waals surface area contributed by atoms with Crippen molar-refractivity contribution in [3.8, 4) is 0 Å². The van der Waals surface area contributed by atoms with Crippen molar-refractivity contribution < 1.29 is 4.79 Å². The number of carbonyl (C=O) groups is 1. The molecule has 1 aliphatic rings. The van der Waals surface area contributed by atoms with Crippen LogP contribution in [0.15, 0.2) is 0 Å². The van der Waals surface area contributed by atoms with E-state index in [1.165, 1.54) is 0 Å². The van der Waals surface area contributed by atoms with Gasteiger partial charge >= 0.3 is 0 Å². The molecule has 0 saturated carbocycles. The van der Waals surface area contributed by atoms with E-state index in [9.17, 15) is 4.79 Å². The van der Waals surface area contributed by atoms with Gasteiger partial charge < -0.3 is 10.6 Å². The second kappa shape index (κ2) is 3.34. The molecule has 5 heteroatoms. The van der Waals surface area contributed by atoms with E-state index in [1.807, 2.05) is 0 Å². The molecule has 1 amide bonds. The van der Waals surface area contributed by atoms with Crippen LogP contribution in [-0.4, -0.2) is 44.9 Å². The van der Waals surface area contributed by atoms with Gasteiger partial charge in [-0.25, -0.2) is 0 Å². The molecule has 0 atom stereocenters. The predicted octanol–water partition coefficient (Wildman–Crippen LogP) is -1.39. The molecular weight excluding hydrogens is 319 g/mol. The van der Waals surface area contributed by atoms with Crippen molar-refractivity contribution in [3.05, 3.63) is 0 Å². The summed E-state index contributed by atoms with van der Waals surface area (Å²) in [6.45, 7) is 0.332. The number of hydrogen-bond acceptors (Lipinski definition) is 2. The maximum absolute atomic E-state index is 10.2. The van der Waals surface area contributed by atoms with Crippen molar-refractivity contribution in [1.29, 1.82) is 0 Å². The monoisotopic (exact) mass is 324 g/mol. The minimum Gasteiger partial charge on any atom is -0.353 e. The zero-order valence-electron chi connectivity index (χ0n) is 4.02. The van der Waals surface area contributed by atoms with Gasteiger partial charge in [-0.3, -0.25) is 4.79 Å². The summed E-state index contributed by atoms with van der Waals surface area (Å²) in [4.78, 5) is 10.2. The minimum absolute atomic E-state index is 0. The Hall–Kier alpha value is 0.282. The Balaban J connectivity index is 0.000000490. The zero-order valence-corrected chi connectivity index (χ0v) is 8.73. The van der Waals surface area contributed by atoms with Gasteiger partial charge in [0.15, 0.2) is 5.11 Å². The third-order valence-corrected chi connectivity index (χ3v) is 0.909. The van der Waals surface area contributed by atoms with Gasteiger partial charge in [0.25, 0.3) is 0 Å². The van der Waals surface area contributed by atoms with Crippen LogP contribution in [0.1, 0.15) is 0 Å². The molecule has 0 unspecified atom stereocenters. The van der Waals surface area contributed by atoms with Crippen LogP contribution in [-0.2, 0) is 4.79 Å². The Kier molecular flexibility index (Phi) is 3.45. The molecule has 0 bridgehead atoms. The smallest absolute Gasteiger partial charge is 0.245 e. The third-order valence-electron chi connectivity index (χ3n) is 0.662. The summed E-state index contributed by atoms with van der Waals surface area (Å²) in [5.41, 5.74) is 0. The first-order chi connectivity index (χ1) is 3.29. The number of hydrogen-bond donors (Lipinski definition) is 2. The van der Waals surface area contributed by atoms with Gasteiger partial charge in [0.05, 0.1) is 6.54 Å². The topological polar surface area (TPSA) is 41.1 Å². The predicted molar refractivity (Wildman–Crippen MR) is 34.5 cm³/mol. The van der Waals surface area contributed by atoms with Gasteiger partial charge in [-0.1, -0.05) is 0 Å². The largest absolute Gasteiger partial charge is 0.353 e. The average Bonchev–Trinajstić information content (AvgIpc) is 1.87. The minimum atomic E-state index is -0.0509. The van der Waals surface area contributed by atoms with Crippen LogP contribution in [0.4, 0.5) is 0 Å². The maximum Gasteiger partial charge on any atom is 0.245 e. The Morgan fingerprint density at radius 3 is 2.38 bits per heavy atom. The van der Waals surface area contributed by atoms with Gasteiger partial charge in [-0.05, 0) is 12.2 Å². The average molecular weight is 323 g/mol. The number of nitrogens with one attached hydrogen (secondary N) is 2. The summed E-state index contributed by atoms with van der Waals surface area (Å²) >= 11 is 4.55. The molecular formula is C3H4N2OPbS. The summed E-state index contributed by atoms with van der Waals surface area (Å²) in [6, 6.07) is 0. The van der Waals surface area contributed by atoms with Crippen LogP contribution in [0.2, 0.25) is 0 Å². The molecule has 0 spiro atoms. The summed E-state index contributed by atoms with van der Waals surface area (Å²) in [6.07, 6.45) is 0. The van der Waals surface area contributed by atoms with E-state index >= 15 is 0 Å². The fourth-order valence-corrected chi connectivity index (χ4v) is 0.562. The second-order valence-electron chi connectivity index (χ2n) is 1.23. The fraction of sp³-hybridized carbons (Fsp3) is 0.333. The molecule has 1 saturated heterocycles. The fourth-order valence-electron chi connectivity index (χ4n) is 0.376. The quantitative estimate of drug-likeness (QED) is 0.426. The summed E-state index contributed by atoms with van der Waals surface area (Å²) in [5, 5.41) is 5.47. The molecule has 0 aliphatic carbocycles. The van der Waals surface area contributed by atoms with Crippen LogP contribution in [0.5, 0.6) is 0 Å². The first-order valence-corrected chi connectivity index (χ1v) is 2.27. The number of carbonyl (C=O) groups excluding carboxylic acids is 1. The molecule has 1 fully saturated rings. The first kappa shape index (κ1) is 8.28. The molecule has 4 radical (unpaired) electrons. The molecule has 42 valence electrons. The summed E-state index contributed by atoms with van der Waals surface area (Å²) in [5.74, 6) is -0.0509. The molecule has 1 rings (SSSR count). The molecule has 0 aromatic carbocycles. The van der Waals surface area contributed by atoms with Gasteiger partial charge in [-0.2, -0.15) is 0 Å². The zero-order chi connectivity index (χ0) is 5.28. The van der Waals surface area contributed by atoms with Crippen molar-refractivity contribution in [2.24, 2.45) is 0 Å². The molecule has 3 nitrogen and oxygen atoms in total. The van der Waals surface area contributed by atoms with Crippen LogP contribution < -0.4 is 10.6 Å². The molecule has 1 heterocycles. The SMILES string of the molecule is O=C1CNC(=S)N1.[Pb]. The van der Waals surface area contributed by atoms with Crippen molar-refractivity contribution in [2.75, 3.05) is 6.54 Å². The van der Waals surface area contributed by atoms with E-state index in [2.05, 4.69) is 22.9 Å². The van der Waals surface area contributed by atoms with E-state index in [1.54, 1.807) is 0 Å². The standard InChI is InChI=1S/C3H4N2OS.Pb/c6-2-1-4-3(7)5-2;/h1H2,(H2,4,5,6,7);. The van der Waals surface area contributed by atoms with Crippen molar-refractivity contribution in [2.45, 2.75) is 0 Å². The first-order valence-electron chi connectivity index (χ1n) is 1.87. The molecule has 0 aromatic heterocycles. The Labute approximate surface area is 72.4 Å². The van der Waals surface area contributed by atoms with Crippen molar-refractivity contribution in [1.82, 2.24) is 10.6 Å². The van der Waals surface area contributed by atoms with E-state index in [4.69, 9.17) is 0 Å². The van der Waals surface area contributed by atoms with E-state index < -0.39 is 0 Å². The van der Waals surface area contributed by atoms with E-state index in [0.29, 0.717) is 11.7 Å². The van der Waals surface area contributed by atoms with E-state index in [0.717, 1.165) is 0 Å². The van der Waals surface area contributed by atoms with Crippen molar-refractivity contribution in [3.63, 3.8) is 0 Å². The molecule has 1 aliphatic heterocycles. The van der Waals surface area contributed by atoms with E-state index in [-0.39, 0.29) is 33.2 Å². The van der Waals surface area contributed by atoms with Gasteiger partial charge in [-0.15, -0.1) is 0 Å². The summed E-state index contributed by atoms with van der Waals surface area (Å²) < 4.78 is 0. The molecule has 2 N–H and O–H groups in total. The third kappa shape index (κ3) is 2.03. The Morgan fingerprint density at radius 2 is 2.25 bits per heavy atom. The summed E-state index contributed by atoms with van der Waals surface area (Å²) in [7, 11) is 0. The molecule has 0 aromatic rings. The van der Waals surface area contributed by atoms with Crippen LogP contribution in [0.25, 0.3) is 0 Å². The van der Waals surface area contributed by atoms with Gasteiger partial charge in [0, 0.05) is 27.3 Å². The van der Waals surface area contributed by atoms with Crippen LogP contribution in [0, 0.1) is 0 Å². The second-order valence-corrected chi connectivity index (χ2v) is 1.64. The Bertz CT molecular complexity index is 112. The van der Waals surface area contributed by atoms with Crippen molar-refractivity contribution >= 4 is 50.5 Å². The maximum atomic E-state index is 10.2. The Morgan fingerprint density at radius 1 is 1.62 bits per heavy atom. The number of amides is 1. The number of thiocarbonyl (C=S) groups is 1. The van der Waals surface area contributed by atoms with Gasteiger partial charge in [0.2, 0.25) is 5.91 Å². The normalized spacial score (nSPS) is 16.5. The molecule has 8 heavy (non-hydrogen) atoms. The van der Waals surface area contributed by atoms with Crippen LogP contribution in [0.3, 0.4) is 0 Å². The number of rotatable bonds is 0. The van der Waals surface area contributed by atoms with Crippen LogP contribution >= 0.6 is 12.2 Å². The van der Waals surface area contributed by atoms with Gasteiger partial charge in [0.1, 0.15) is 0 Å².